The Hall–Kier alpha value is -0.870. The Kier molecular flexibility index (Phi) is 2.83. The third-order valence-electron chi connectivity index (χ3n) is 1.97. The lowest BCUT2D eigenvalue weighted by Crippen LogP contribution is -2.16. The van der Waals surface area contributed by atoms with Crippen LogP contribution in [-0.4, -0.2) is 21.5 Å². The average molecular weight is 169 g/mol. The van der Waals surface area contributed by atoms with Crippen molar-refractivity contribution in [2.24, 2.45) is 12.8 Å². The van der Waals surface area contributed by atoms with E-state index in [4.69, 9.17) is 10.8 Å². The molecule has 0 radical (unpaired) electrons. The van der Waals surface area contributed by atoms with Gasteiger partial charge in [-0.05, 0) is 18.9 Å². The first-order valence-electron chi connectivity index (χ1n) is 4.01. The normalized spacial score (nSPS) is 13.3. The largest absolute Gasteiger partial charge is 0.396 e. The van der Waals surface area contributed by atoms with Crippen LogP contribution in [0.5, 0.6) is 0 Å². The summed E-state index contributed by atoms with van der Waals surface area (Å²) in [6.45, 7) is 2.09. The van der Waals surface area contributed by atoms with Crippen molar-refractivity contribution in [2.45, 2.75) is 19.4 Å². The summed E-state index contributed by atoms with van der Waals surface area (Å²) in [4.78, 5) is 0. The van der Waals surface area contributed by atoms with E-state index in [1.165, 1.54) is 0 Å². The molecule has 0 unspecified atom stereocenters. The van der Waals surface area contributed by atoms with Crippen molar-refractivity contribution in [1.29, 1.82) is 0 Å². The maximum atomic E-state index is 8.71. The van der Waals surface area contributed by atoms with Gasteiger partial charge in [0.1, 0.15) is 0 Å². The third-order valence-corrected chi connectivity index (χ3v) is 1.97. The Balaban J connectivity index is 2.85. The molecule has 1 rings (SSSR count). The topological polar surface area (TPSA) is 64.1 Å². The quantitative estimate of drug-likeness (QED) is 0.675. The predicted molar refractivity (Wildman–Crippen MR) is 46.6 cm³/mol. The molecule has 0 spiro atoms. The summed E-state index contributed by atoms with van der Waals surface area (Å²) in [5.41, 5.74) is 7.92. The second kappa shape index (κ2) is 3.69. The SMILES string of the molecule is Cc1cnn(C)c1[C@H](N)CCO. The Morgan fingerprint density at radius 1 is 1.75 bits per heavy atom. The molecular formula is C8H15N3O. The number of nitrogens with two attached hydrogens (primary N) is 1. The zero-order chi connectivity index (χ0) is 9.14. The summed E-state index contributed by atoms with van der Waals surface area (Å²) in [5.74, 6) is 0. The average Bonchev–Trinajstić information content (AvgIpc) is 2.32. The molecule has 4 heteroatoms. The number of rotatable bonds is 3. The maximum Gasteiger partial charge on any atom is 0.0578 e. The van der Waals surface area contributed by atoms with Crippen molar-refractivity contribution in [1.82, 2.24) is 9.78 Å². The summed E-state index contributed by atoms with van der Waals surface area (Å²) in [5, 5.41) is 12.8. The molecule has 0 aliphatic rings. The number of aliphatic hydroxyl groups excluding tert-OH is 1. The lowest BCUT2D eigenvalue weighted by atomic mass is 10.1. The van der Waals surface area contributed by atoms with Crippen molar-refractivity contribution >= 4 is 0 Å². The molecule has 0 bridgehead atoms. The van der Waals surface area contributed by atoms with E-state index in [2.05, 4.69) is 5.10 Å². The zero-order valence-corrected chi connectivity index (χ0v) is 7.49. The monoisotopic (exact) mass is 169 g/mol. The minimum absolute atomic E-state index is 0.109. The van der Waals surface area contributed by atoms with Gasteiger partial charge in [0.15, 0.2) is 0 Å². The highest BCUT2D eigenvalue weighted by atomic mass is 16.3. The molecule has 1 aromatic heterocycles. The number of aromatic nitrogens is 2. The number of hydrogen-bond acceptors (Lipinski definition) is 3. The second-order valence-corrected chi connectivity index (χ2v) is 2.96. The molecule has 68 valence electrons. The molecule has 1 atom stereocenters. The number of aliphatic hydroxyl groups is 1. The standard InChI is InChI=1S/C8H15N3O/c1-6-5-10-11(2)8(6)7(9)3-4-12/h5,7,12H,3-4,9H2,1-2H3/t7-/m1/s1. The Morgan fingerprint density at radius 3 is 2.83 bits per heavy atom. The van der Waals surface area contributed by atoms with E-state index < -0.39 is 0 Å². The highest BCUT2D eigenvalue weighted by Crippen LogP contribution is 2.16. The van der Waals surface area contributed by atoms with Gasteiger partial charge in [0, 0.05) is 19.7 Å². The minimum Gasteiger partial charge on any atom is -0.396 e. The van der Waals surface area contributed by atoms with Gasteiger partial charge >= 0.3 is 0 Å². The molecule has 0 saturated carbocycles. The molecule has 12 heavy (non-hydrogen) atoms. The third kappa shape index (κ3) is 1.65. The molecule has 1 heterocycles. The van der Waals surface area contributed by atoms with E-state index in [1.807, 2.05) is 14.0 Å². The van der Waals surface area contributed by atoms with Crippen LogP contribution in [0.2, 0.25) is 0 Å². The van der Waals surface area contributed by atoms with Crippen LogP contribution in [0.3, 0.4) is 0 Å². The van der Waals surface area contributed by atoms with E-state index in [-0.39, 0.29) is 12.6 Å². The fourth-order valence-corrected chi connectivity index (χ4v) is 1.36. The minimum atomic E-state index is -0.109. The Morgan fingerprint density at radius 2 is 2.42 bits per heavy atom. The van der Waals surface area contributed by atoms with Crippen LogP contribution in [0.1, 0.15) is 23.7 Å². The van der Waals surface area contributed by atoms with E-state index in [0.29, 0.717) is 6.42 Å². The van der Waals surface area contributed by atoms with E-state index in [1.54, 1.807) is 10.9 Å². The Labute approximate surface area is 72.0 Å². The predicted octanol–water partition coefficient (Wildman–Crippen LogP) is 0.111. The van der Waals surface area contributed by atoms with Crippen molar-refractivity contribution < 1.29 is 5.11 Å². The Bertz CT molecular complexity index is 237. The zero-order valence-electron chi connectivity index (χ0n) is 7.49. The van der Waals surface area contributed by atoms with E-state index in [9.17, 15) is 0 Å². The van der Waals surface area contributed by atoms with Gasteiger partial charge in [-0.2, -0.15) is 5.10 Å². The molecule has 0 aliphatic heterocycles. The molecule has 4 nitrogen and oxygen atoms in total. The van der Waals surface area contributed by atoms with Crippen LogP contribution in [0.25, 0.3) is 0 Å². The van der Waals surface area contributed by atoms with Crippen LogP contribution < -0.4 is 5.73 Å². The van der Waals surface area contributed by atoms with Gasteiger partial charge in [0.05, 0.1) is 11.9 Å². The first-order valence-corrected chi connectivity index (χ1v) is 4.01. The van der Waals surface area contributed by atoms with Gasteiger partial charge in [-0.1, -0.05) is 0 Å². The molecule has 0 saturated heterocycles. The highest BCUT2D eigenvalue weighted by molar-refractivity contribution is 5.18. The van der Waals surface area contributed by atoms with Crippen LogP contribution in [0, 0.1) is 6.92 Å². The summed E-state index contributed by atoms with van der Waals surface area (Å²) >= 11 is 0. The van der Waals surface area contributed by atoms with Crippen LogP contribution in [0.15, 0.2) is 6.20 Å². The van der Waals surface area contributed by atoms with E-state index >= 15 is 0 Å². The lowest BCUT2D eigenvalue weighted by Gasteiger charge is -2.11. The molecule has 3 N–H and O–H groups in total. The van der Waals surface area contributed by atoms with Crippen LogP contribution >= 0.6 is 0 Å². The summed E-state index contributed by atoms with van der Waals surface area (Å²) in [7, 11) is 1.86. The van der Waals surface area contributed by atoms with Gasteiger partial charge < -0.3 is 10.8 Å². The van der Waals surface area contributed by atoms with E-state index in [0.717, 1.165) is 11.3 Å². The van der Waals surface area contributed by atoms with Crippen molar-refractivity contribution in [3.8, 4) is 0 Å². The van der Waals surface area contributed by atoms with Crippen molar-refractivity contribution in [2.75, 3.05) is 6.61 Å². The van der Waals surface area contributed by atoms with Crippen molar-refractivity contribution in [3.05, 3.63) is 17.5 Å². The molecule has 0 aliphatic carbocycles. The van der Waals surface area contributed by atoms with Gasteiger partial charge in [0.2, 0.25) is 0 Å². The van der Waals surface area contributed by atoms with Gasteiger partial charge in [-0.25, -0.2) is 0 Å². The van der Waals surface area contributed by atoms with Crippen LogP contribution in [0.4, 0.5) is 0 Å². The molecular weight excluding hydrogens is 154 g/mol. The summed E-state index contributed by atoms with van der Waals surface area (Å²) in [6, 6.07) is -0.109. The summed E-state index contributed by atoms with van der Waals surface area (Å²) in [6.07, 6.45) is 2.37. The molecule has 0 fully saturated rings. The fraction of sp³-hybridized carbons (Fsp3) is 0.625. The second-order valence-electron chi connectivity index (χ2n) is 2.96. The number of nitrogens with zero attached hydrogens (tertiary/aromatic N) is 2. The van der Waals surface area contributed by atoms with Crippen molar-refractivity contribution in [3.63, 3.8) is 0 Å². The first-order chi connectivity index (χ1) is 5.66. The smallest absolute Gasteiger partial charge is 0.0578 e. The van der Waals surface area contributed by atoms with Crippen LogP contribution in [-0.2, 0) is 7.05 Å². The lowest BCUT2D eigenvalue weighted by molar-refractivity contribution is 0.274. The summed E-state index contributed by atoms with van der Waals surface area (Å²) < 4.78 is 1.76. The number of hydrogen-bond donors (Lipinski definition) is 2. The first kappa shape index (κ1) is 9.22. The molecule has 1 aromatic rings. The van der Waals surface area contributed by atoms with Gasteiger partial charge in [-0.15, -0.1) is 0 Å². The van der Waals surface area contributed by atoms with Gasteiger partial charge in [-0.3, -0.25) is 4.68 Å². The number of aryl methyl sites for hydroxylation is 2. The molecule has 0 amide bonds. The maximum absolute atomic E-state index is 8.71. The fourth-order valence-electron chi connectivity index (χ4n) is 1.36. The van der Waals surface area contributed by atoms with Gasteiger partial charge in [0.25, 0.3) is 0 Å². The highest BCUT2D eigenvalue weighted by Gasteiger charge is 2.12. The molecule has 0 aromatic carbocycles.